The Morgan fingerprint density at radius 3 is 2.48 bits per heavy atom. The fourth-order valence-electron chi connectivity index (χ4n) is 2.96. The second-order valence-corrected chi connectivity index (χ2v) is 6.71. The van der Waals surface area contributed by atoms with Gasteiger partial charge in [-0.05, 0) is 43.2 Å². The molecular weight excluding hydrogens is 386 g/mol. The number of piperidine rings is 1. The molecule has 27 heavy (non-hydrogen) atoms. The number of rotatable bonds is 3. The molecule has 144 valence electrons. The van der Waals surface area contributed by atoms with E-state index >= 15 is 0 Å². The highest BCUT2D eigenvalue weighted by molar-refractivity contribution is 6.30. The highest BCUT2D eigenvalue weighted by atomic mass is 35.5. The maximum absolute atomic E-state index is 13.8. The standard InChI is InChI=1S/C18H16ClF4N3O/c19-13-2-4-16(24-10-13)26-7-5-11(6-8-26)17(27)25-15-9-12(18(21,22)23)1-3-14(15)20/h1-4,9-11H,5-8H2,(H,25,27). The van der Waals surface area contributed by atoms with E-state index in [1.165, 1.54) is 6.20 Å². The van der Waals surface area contributed by atoms with Crippen LogP contribution in [0.3, 0.4) is 0 Å². The molecule has 0 spiro atoms. The summed E-state index contributed by atoms with van der Waals surface area (Å²) in [6.07, 6.45) is -2.11. The molecule has 1 aliphatic heterocycles. The summed E-state index contributed by atoms with van der Waals surface area (Å²) < 4.78 is 52.1. The van der Waals surface area contributed by atoms with Crippen molar-refractivity contribution in [2.24, 2.45) is 5.92 Å². The van der Waals surface area contributed by atoms with Gasteiger partial charge in [0.2, 0.25) is 5.91 Å². The first-order valence-corrected chi connectivity index (χ1v) is 8.66. The molecule has 1 fully saturated rings. The van der Waals surface area contributed by atoms with Gasteiger partial charge in [0.1, 0.15) is 11.6 Å². The molecule has 1 aromatic heterocycles. The van der Waals surface area contributed by atoms with Gasteiger partial charge in [-0.2, -0.15) is 13.2 Å². The highest BCUT2D eigenvalue weighted by Crippen LogP contribution is 2.32. The number of nitrogens with one attached hydrogen (secondary N) is 1. The molecule has 0 saturated carbocycles. The number of aromatic nitrogens is 1. The van der Waals surface area contributed by atoms with Gasteiger partial charge in [-0.25, -0.2) is 9.37 Å². The summed E-state index contributed by atoms with van der Waals surface area (Å²) in [6.45, 7) is 1.11. The van der Waals surface area contributed by atoms with Crippen LogP contribution in [0.4, 0.5) is 29.1 Å². The Labute approximate surface area is 158 Å². The Balaban J connectivity index is 1.62. The van der Waals surface area contributed by atoms with E-state index in [1.807, 2.05) is 4.90 Å². The van der Waals surface area contributed by atoms with Crippen molar-refractivity contribution in [1.29, 1.82) is 0 Å². The number of hydrogen-bond donors (Lipinski definition) is 1. The summed E-state index contributed by atoms with van der Waals surface area (Å²) in [6, 6.07) is 5.45. The van der Waals surface area contributed by atoms with Crippen LogP contribution >= 0.6 is 11.6 Å². The molecule has 1 aromatic carbocycles. The smallest absolute Gasteiger partial charge is 0.357 e. The summed E-state index contributed by atoms with van der Waals surface area (Å²) in [5.41, 5.74) is -1.47. The first kappa shape index (κ1) is 19.4. The molecule has 3 rings (SSSR count). The van der Waals surface area contributed by atoms with Crippen molar-refractivity contribution < 1.29 is 22.4 Å². The molecule has 1 aliphatic rings. The SMILES string of the molecule is O=C(Nc1cc(C(F)(F)F)ccc1F)C1CCN(c2ccc(Cl)cn2)CC1. The fourth-order valence-corrected chi connectivity index (χ4v) is 3.07. The largest absolute Gasteiger partial charge is 0.416 e. The third kappa shape index (κ3) is 4.68. The summed E-state index contributed by atoms with van der Waals surface area (Å²) in [5, 5.41) is 2.81. The van der Waals surface area contributed by atoms with Gasteiger partial charge in [-0.15, -0.1) is 0 Å². The van der Waals surface area contributed by atoms with Crippen molar-refractivity contribution in [3.05, 3.63) is 52.9 Å². The lowest BCUT2D eigenvalue weighted by Crippen LogP contribution is -2.38. The summed E-state index contributed by atoms with van der Waals surface area (Å²) in [5.74, 6) is -1.07. The number of carbonyl (C=O) groups excluding carboxylic acids is 1. The molecule has 9 heteroatoms. The number of hydrogen-bond acceptors (Lipinski definition) is 3. The van der Waals surface area contributed by atoms with Gasteiger partial charge in [-0.1, -0.05) is 11.6 Å². The zero-order chi connectivity index (χ0) is 19.6. The highest BCUT2D eigenvalue weighted by Gasteiger charge is 2.32. The van der Waals surface area contributed by atoms with Crippen LogP contribution in [-0.2, 0) is 11.0 Å². The van der Waals surface area contributed by atoms with E-state index in [9.17, 15) is 22.4 Å². The molecule has 2 heterocycles. The van der Waals surface area contributed by atoms with Crippen molar-refractivity contribution in [2.75, 3.05) is 23.3 Å². The molecule has 2 aromatic rings. The number of halogens is 5. The minimum absolute atomic E-state index is 0.414. The summed E-state index contributed by atoms with van der Waals surface area (Å²) >= 11 is 5.81. The van der Waals surface area contributed by atoms with Crippen LogP contribution in [0.5, 0.6) is 0 Å². The average Bonchev–Trinajstić information content (AvgIpc) is 2.63. The van der Waals surface area contributed by atoms with Crippen LogP contribution in [0, 0.1) is 11.7 Å². The third-order valence-electron chi connectivity index (χ3n) is 4.45. The minimum atomic E-state index is -4.61. The first-order chi connectivity index (χ1) is 12.7. The number of alkyl halides is 3. The van der Waals surface area contributed by atoms with E-state index in [1.54, 1.807) is 12.1 Å². The van der Waals surface area contributed by atoms with Crippen LogP contribution in [0.15, 0.2) is 36.5 Å². The molecule has 1 N–H and O–H groups in total. The van der Waals surface area contributed by atoms with Gasteiger partial charge in [0.05, 0.1) is 16.3 Å². The number of carbonyl (C=O) groups is 1. The second kappa shape index (κ2) is 7.72. The zero-order valence-electron chi connectivity index (χ0n) is 14.1. The molecule has 0 unspecified atom stereocenters. The lowest BCUT2D eigenvalue weighted by Gasteiger charge is -2.32. The van der Waals surface area contributed by atoms with Crippen LogP contribution in [0.2, 0.25) is 5.02 Å². The van der Waals surface area contributed by atoms with Gasteiger partial charge in [0, 0.05) is 25.2 Å². The molecule has 1 saturated heterocycles. The Morgan fingerprint density at radius 1 is 1.19 bits per heavy atom. The van der Waals surface area contributed by atoms with Gasteiger partial charge >= 0.3 is 6.18 Å². The van der Waals surface area contributed by atoms with Gasteiger partial charge in [-0.3, -0.25) is 4.79 Å². The molecule has 0 radical (unpaired) electrons. The lowest BCUT2D eigenvalue weighted by atomic mass is 9.95. The zero-order valence-corrected chi connectivity index (χ0v) is 14.8. The maximum Gasteiger partial charge on any atom is 0.416 e. The van der Waals surface area contributed by atoms with E-state index in [2.05, 4.69) is 10.3 Å². The quantitative estimate of drug-likeness (QED) is 0.755. The average molecular weight is 402 g/mol. The van der Waals surface area contributed by atoms with Crippen molar-refractivity contribution >= 4 is 29.0 Å². The van der Waals surface area contributed by atoms with Crippen LogP contribution in [0.1, 0.15) is 18.4 Å². The van der Waals surface area contributed by atoms with Crippen LogP contribution in [0.25, 0.3) is 0 Å². The predicted molar refractivity (Wildman–Crippen MR) is 94.2 cm³/mol. The van der Waals surface area contributed by atoms with Crippen LogP contribution < -0.4 is 10.2 Å². The lowest BCUT2D eigenvalue weighted by molar-refractivity contribution is -0.137. The normalized spacial score (nSPS) is 15.7. The predicted octanol–water partition coefficient (Wildman–Crippen LogP) is 4.75. The maximum atomic E-state index is 13.8. The summed E-state index contributed by atoms with van der Waals surface area (Å²) in [7, 11) is 0. The van der Waals surface area contributed by atoms with Gasteiger partial charge in [0.25, 0.3) is 0 Å². The van der Waals surface area contributed by atoms with Crippen molar-refractivity contribution in [3.8, 4) is 0 Å². The van der Waals surface area contributed by atoms with E-state index < -0.39 is 35.1 Å². The van der Waals surface area contributed by atoms with E-state index in [4.69, 9.17) is 11.6 Å². The third-order valence-corrected chi connectivity index (χ3v) is 4.68. The minimum Gasteiger partial charge on any atom is -0.357 e. The Bertz CT molecular complexity index is 818. The van der Waals surface area contributed by atoms with E-state index in [-0.39, 0.29) is 0 Å². The molecule has 4 nitrogen and oxygen atoms in total. The van der Waals surface area contributed by atoms with E-state index in [0.29, 0.717) is 49.2 Å². The Morgan fingerprint density at radius 2 is 1.89 bits per heavy atom. The summed E-state index contributed by atoms with van der Waals surface area (Å²) in [4.78, 5) is 18.6. The molecule has 0 bridgehead atoms. The first-order valence-electron chi connectivity index (χ1n) is 8.28. The van der Waals surface area contributed by atoms with Gasteiger partial charge < -0.3 is 10.2 Å². The van der Waals surface area contributed by atoms with Crippen molar-refractivity contribution in [1.82, 2.24) is 4.98 Å². The molecule has 1 amide bonds. The number of anilines is 2. The molecule has 0 atom stereocenters. The number of amides is 1. The topological polar surface area (TPSA) is 45.2 Å². The van der Waals surface area contributed by atoms with Crippen molar-refractivity contribution in [2.45, 2.75) is 19.0 Å². The second-order valence-electron chi connectivity index (χ2n) is 6.28. The Hall–Kier alpha value is -2.35. The Kier molecular flexibility index (Phi) is 5.55. The number of nitrogens with zero attached hydrogens (tertiary/aromatic N) is 2. The number of pyridine rings is 1. The molecule has 0 aliphatic carbocycles. The fraction of sp³-hybridized carbons (Fsp3) is 0.333. The van der Waals surface area contributed by atoms with E-state index in [0.717, 1.165) is 5.82 Å². The monoisotopic (exact) mass is 401 g/mol. The van der Waals surface area contributed by atoms with Crippen molar-refractivity contribution in [3.63, 3.8) is 0 Å². The molecular formula is C18H16ClF4N3O. The van der Waals surface area contributed by atoms with Crippen LogP contribution in [-0.4, -0.2) is 24.0 Å². The van der Waals surface area contributed by atoms with Gasteiger partial charge in [0.15, 0.2) is 0 Å². The number of benzene rings is 1.